The third-order valence-corrected chi connectivity index (χ3v) is 7.91. The first kappa shape index (κ1) is 24.8. The van der Waals surface area contributed by atoms with Gasteiger partial charge in [-0.3, -0.25) is 4.79 Å². The summed E-state index contributed by atoms with van der Waals surface area (Å²) in [4.78, 5) is 20.3. The first-order valence-corrected chi connectivity index (χ1v) is 13.5. The predicted molar refractivity (Wildman–Crippen MR) is 156 cm³/mol. The highest BCUT2D eigenvalue weighted by atomic mass is 32.1. The lowest BCUT2D eigenvalue weighted by molar-refractivity contribution is -0.119. The van der Waals surface area contributed by atoms with Crippen molar-refractivity contribution in [2.75, 3.05) is 44.4 Å². The molecule has 1 aliphatic heterocycles. The van der Waals surface area contributed by atoms with Crippen LogP contribution in [0, 0.1) is 0 Å². The summed E-state index contributed by atoms with van der Waals surface area (Å²) in [6.07, 6.45) is 5.16. The number of fused-ring (bicyclic) bond motifs is 2. The molecule has 1 atom stereocenters. The van der Waals surface area contributed by atoms with Crippen molar-refractivity contribution in [3.05, 3.63) is 84.1 Å². The molecule has 7 heteroatoms. The highest BCUT2D eigenvalue weighted by Gasteiger charge is 2.26. The van der Waals surface area contributed by atoms with E-state index in [2.05, 4.69) is 86.9 Å². The number of carbonyl (C=O) groups excluding carboxylic acids is 1. The van der Waals surface area contributed by atoms with Crippen LogP contribution >= 0.6 is 11.3 Å². The Morgan fingerprint density at radius 3 is 2.59 bits per heavy atom. The molecule has 1 amide bonds. The molecule has 0 radical (unpaired) electrons. The lowest BCUT2D eigenvalue weighted by Crippen LogP contribution is -2.33. The van der Waals surface area contributed by atoms with Gasteiger partial charge < -0.3 is 19.5 Å². The zero-order valence-corrected chi connectivity index (χ0v) is 22.4. The average Bonchev–Trinajstić information content (AvgIpc) is 3.55. The Labute approximate surface area is 222 Å². The first-order valence-electron chi connectivity index (χ1n) is 12.7. The van der Waals surface area contributed by atoms with Crippen LogP contribution in [0.25, 0.3) is 26.9 Å². The lowest BCUT2D eigenvalue weighted by atomic mass is 9.97. The van der Waals surface area contributed by atoms with E-state index in [0.717, 1.165) is 55.1 Å². The number of hydrogen-bond acceptors (Lipinski definition) is 5. The average molecular weight is 512 g/mol. The van der Waals surface area contributed by atoms with E-state index in [0.29, 0.717) is 0 Å². The Morgan fingerprint density at radius 2 is 1.84 bits per heavy atom. The van der Waals surface area contributed by atoms with Crippen LogP contribution in [0.15, 0.2) is 78.3 Å². The van der Waals surface area contributed by atoms with Crippen LogP contribution < -0.4 is 10.2 Å². The Morgan fingerprint density at radius 1 is 1.05 bits per heavy atom. The molecule has 1 saturated heterocycles. The van der Waals surface area contributed by atoms with Crippen molar-refractivity contribution in [2.24, 2.45) is 0 Å². The monoisotopic (exact) mass is 511 g/mol. The topological polar surface area (TPSA) is 52.9 Å². The van der Waals surface area contributed by atoms with Gasteiger partial charge in [0.1, 0.15) is 5.82 Å². The third kappa shape index (κ3) is 5.18. The van der Waals surface area contributed by atoms with Crippen molar-refractivity contribution in [3.8, 4) is 11.3 Å². The number of benzene rings is 2. The molecule has 6 rings (SSSR count). The Hall–Kier alpha value is -3.84. The van der Waals surface area contributed by atoms with Crippen molar-refractivity contribution >= 4 is 44.7 Å². The molecule has 0 saturated carbocycles. The Kier molecular flexibility index (Phi) is 7.42. The van der Waals surface area contributed by atoms with Crippen molar-refractivity contribution in [3.63, 3.8) is 0 Å². The first-order chi connectivity index (χ1) is 18.1. The minimum atomic E-state index is 0.280. The molecule has 3 aromatic heterocycles. The van der Waals surface area contributed by atoms with Crippen molar-refractivity contribution in [2.45, 2.75) is 18.8 Å². The normalized spacial score (nSPS) is 15.3. The van der Waals surface area contributed by atoms with Gasteiger partial charge in [-0.05, 0) is 55.3 Å². The number of likely N-dealkylation sites (tertiary alicyclic amines) is 1. The van der Waals surface area contributed by atoms with E-state index in [4.69, 9.17) is 4.98 Å². The largest absolute Gasteiger partial charge is 0.388 e. The summed E-state index contributed by atoms with van der Waals surface area (Å²) >= 11 is 1.76. The fraction of sp³-hybridized carbons (Fsp3) is 0.267. The van der Waals surface area contributed by atoms with Crippen LogP contribution in [0.4, 0.5) is 11.4 Å². The smallest absolute Gasteiger partial charge is 0.209 e. The molecule has 1 unspecified atom stereocenters. The number of rotatable bonds is 5. The zero-order chi connectivity index (χ0) is 25.8. The molecule has 0 bridgehead atoms. The Balaban J connectivity index is 0.000000215. The molecule has 1 fully saturated rings. The molecule has 6 nitrogen and oxygen atoms in total. The van der Waals surface area contributed by atoms with Gasteiger partial charge >= 0.3 is 0 Å². The van der Waals surface area contributed by atoms with E-state index in [1.807, 2.05) is 32.1 Å². The second kappa shape index (κ2) is 11.0. The van der Waals surface area contributed by atoms with Gasteiger partial charge in [0.25, 0.3) is 0 Å². The summed E-state index contributed by atoms with van der Waals surface area (Å²) in [7, 11) is 5.99. The molecular weight excluding hydrogens is 478 g/mol. The molecule has 2 aromatic carbocycles. The highest BCUT2D eigenvalue weighted by Crippen LogP contribution is 2.37. The van der Waals surface area contributed by atoms with Crippen LogP contribution in [0.1, 0.15) is 24.6 Å². The molecule has 5 aromatic rings. The van der Waals surface area contributed by atoms with Crippen molar-refractivity contribution in [1.29, 1.82) is 0 Å². The minimum absolute atomic E-state index is 0.280. The zero-order valence-electron chi connectivity index (χ0n) is 21.6. The second-order valence-electron chi connectivity index (χ2n) is 9.55. The molecule has 1 aliphatic rings. The third-order valence-electron chi connectivity index (χ3n) is 6.95. The van der Waals surface area contributed by atoms with Gasteiger partial charge in [0.2, 0.25) is 6.41 Å². The molecule has 37 heavy (non-hydrogen) atoms. The van der Waals surface area contributed by atoms with E-state index in [1.54, 1.807) is 11.3 Å². The van der Waals surface area contributed by atoms with Gasteiger partial charge in [0.15, 0.2) is 0 Å². The van der Waals surface area contributed by atoms with E-state index in [-0.39, 0.29) is 5.92 Å². The van der Waals surface area contributed by atoms with Crippen molar-refractivity contribution in [1.82, 2.24) is 14.3 Å². The van der Waals surface area contributed by atoms with Gasteiger partial charge in [-0.15, -0.1) is 11.3 Å². The number of thiophene rings is 1. The van der Waals surface area contributed by atoms with Gasteiger partial charge in [-0.1, -0.05) is 24.3 Å². The maximum atomic E-state index is 11.2. The Bertz CT molecular complexity index is 1490. The van der Waals surface area contributed by atoms with Crippen molar-refractivity contribution < 1.29 is 4.79 Å². The van der Waals surface area contributed by atoms with Crippen LogP contribution in [0.3, 0.4) is 0 Å². The van der Waals surface area contributed by atoms with E-state index < -0.39 is 0 Å². The summed E-state index contributed by atoms with van der Waals surface area (Å²) < 4.78 is 3.49. The summed E-state index contributed by atoms with van der Waals surface area (Å²) in [6, 6.07) is 23.1. The number of aromatic nitrogens is 2. The molecule has 0 spiro atoms. The van der Waals surface area contributed by atoms with E-state index >= 15 is 0 Å². The van der Waals surface area contributed by atoms with Gasteiger partial charge in [-0.25, -0.2) is 4.98 Å². The number of anilines is 2. The lowest BCUT2D eigenvalue weighted by Gasteiger charge is -2.29. The molecule has 4 heterocycles. The number of imidazole rings is 1. The highest BCUT2D eigenvalue weighted by molar-refractivity contribution is 7.17. The van der Waals surface area contributed by atoms with E-state index in [9.17, 15) is 4.79 Å². The number of nitrogens with one attached hydrogen (secondary N) is 1. The number of piperidine rings is 1. The fourth-order valence-electron chi connectivity index (χ4n) is 4.95. The molecule has 190 valence electrons. The van der Waals surface area contributed by atoms with Gasteiger partial charge in [0, 0.05) is 78.8 Å². The number of amides is 1. The molecular formula is C30H33N5OS. The number of nitrogens with zero attached hydrogens (tertiary/aromatic N) is 4. The molecule has 1 N–H and O–H groups in total. The van der Waals surface area contributed by atoms with E-state index in [1.165, 1.54) is 21.3 Å². The summed E-state index contributed by atoms with van der Waals surface area (Å²) in [5.41, 5.74) is 5.75. The van der Waals surface area contributed by atoms with Crippen LogP contribution in [0.2, 0.25) is 0 Å². The number of hydrogen-bond donors (Lipinski definition) is 1. The second-order valence-corrected chi connectivity index (χ2v) is 10.5. The predicted octanol–water partition coefficient (Wildman–Crippen LogP) is 6.35. The quantitative estimate of drug-likeness (QED) is 0.280. The van der Waals surface area contributed by atoms with Crippen LogP contribution in [0.5, 0.6) is 0 Å². The van der Waals surface area contributed by atoms with Gasteiger partial charge in [-0.2, -0.15) is 0 Å². The maximum absolute atomic E-state index is 11.2. The van der Waals surface area contributed by atoms with Crippen LogP contribution in [-0.2, 0) is 4.79 Å². The standard InChI is InChI=1S/C21H19N3OS.C9H14N2/c25-14-23-10-5-6-15(12-23)21-22-20(18-8-3-4-11-24(18)21)17-13-26-19-9-2-1-7-16(17)19;1-10-8-4-6-9(7-5-8)11(2)3/h1-4,7-9,11,13-15H,5-6,10,12H2;4-7,10H,1-3H3. The SMILES string of the molecule is CNc1ccc(N(C)C)cc1.O=CN1CCCC(c2nc(-c3csc4ccccc34)c3ccccn23)C1. The molecule has 0 aliphatic carbocycles. The summed E-state index contributed by atoms with van der Waals surface area (Å²) in [5.74, 6) is 1.35. The summed E-state index contributed by atoms with van der Waals surface area (Å²) in [6.45, 7) is 1.60. The number of carbonyl (C=O) groups is 1. The van der Waals surface area contributed by atoms with Crippen LogP contribution in [-0.4, -0.2) is 54.9 Å². The maximum Gasteiger partial charge on any atom is 0.209 e. The summed E-state index contributed by atoms with van der Waals surface area (Å²) in [5, 5.41) is 6.54. The van der Waals surface area contributed by atoms with Gasteiger partial charge in [0.05, 0.1) is 11.2 Å². The fourth-order valence-corrected chi connectivity index (χ4v) is 5.89. The minimum Gasteiger partial charge on any atom is -0.388 e. The number of pyridine rings is 1.